The Morgan fingerprint density at radius 3 is 2.12 bits per heavy atom. The molecule has 0 bridgehead atoms. The summed E-state index contributed by atoms with van der Waals surface area (Å²) in [5, 5.41) is 0. The SMILES string of the molecule is COc1ccc(C(=O)N(C)C2C[C@H]3CC(N(C)C)C[C@H]3C2)cc1C. The van der Waals surface area contributed by atoms with E-state index in [1.165, 1.54) is 12.8 Å². The second-order valence-electron chi connectivity index (χ2n) is 7.83. The topological polar surface area (TPSA) is 32.8 Å². The highest BCUT2D eigenvalue weighted by atomic mass is 16.5. The second-order valence-corrected chi connectivity index (χ2v) is 7.83. The number of methoxy groups -OCH3 is 1. The van der Waals surface area contributed by atoms with E-state index in [0.29, 0.717) is 6.04 Å². The van der Waals surface area contributed by atoms with Gasteiger partial charge in [0.1, 0.15) is 5.75 Å². The quantitative estimate of drug-likeness (QED) is 0.850. The molecule has 4 atom stereocenters. The molecular formula is C20H30N2O2. The van der Waals surface area contributed by atoms with E-state index < -0.39 is 0 Å². The Morgan fingerprint density at radius 1 is 1.04 bits per heavy atom. The number of hydrogen-bond donors (Lipinski definition) is 0. The standard InChI is InChI=1S/C20H30N2O2/c1-13-8-14(6-7-19(13)24-5)20(23)22(4)18-11-15-9-17(21(2)3)10-16(15)12-18/h6-8,15-18H,9-12H2,1-5H3/t15-,16+,17?,18?. The van der Waals surface area contributed by atoms with Gasteiger partial charge >= 0.3 is 0 Å². The van der Waals surface area contributed by atoms with Crippen molar-refractivity contribution in [2.75, 3.05) is 28.3 Å². The third-order valence-electron chi connectivity index (χ3n) is 6.21. The third-order valence-corrected chi connectivity index (χ3v) is 6.21. The molecule has 4 heteroatoms. The number of rotatable bonds is 4. The lowest BCUT2D eigenvalue weighted by Crippen LogP contribution is -2.36. The molecule has 0 heterocycles. The molecule has 2 saturated carbocycles. The summed E-state index contributed by atoms with van der Waals surface area (Å²) in [6.45, 7) is 1.98. The minimum atomic E-state index is 0.134. The highest BCUT2D eigenvalue weighted by molar-refractivity contribution is 5.94. The van der Waals surface area contributed by atoms with Crippen LogP contribution in [0.15, 0.2) is 18.2 Å². The first-order valence-electron chi connectivity index (χ1n) is 8.99. The first-order valence-corrected chi connectivity index (χ1v) is 8.99. The van der Waals surface area contributed by atoms with Crippen LogP contribution in [-0.4, -0.2) is 56.0 Å². The molecule has 0 radical (unpaired) electrons. The van der Waals surface area contributed by atoms with Crippen LogP contribution in [0.2, 0.25) is 0 Å². The Labute approximate surface area is 145 Å². The van der Waals surface area contributed by atoms with Crippen LogP contribution in [0.1, 0.15) is 41.6 Å². The van der Waals surface area contributed by atoms with Crippen LogP contribution in [0.4, 0.5) is 0 Å². The van der Waals surface area contributed by atoms with Crippen LogP contribution >= 0.6 is 0 Å². The van der Waals surface area contributed by atoms with Gasteiger partial charge in [0, 0.05) is 24.7 Å². The maximum absolute atomic E-state index is 12.9. The largest absolute Gasteiger partial charge is 0.496 e. The van der Waals surface area contributed by atoms with E-state index in [4.69, 9.17) is 4.74 Å². The normalized spacial score (nSPS) is 28.9. The summed E-state index contributed by atoms with van der Waals surface area (Å²) in [5.41, 5.74) is 1.77. The molecule has 2 fully saturated rings. The summed E-state index contributed by atoms with van der Waals surface area (Å²) in [6.07, 6.45) is 4.90. The predicted octanol–water partition coefficient (Wildman–Crippen LogP) is 3.19. The van der Waals surface area contributed by atoms with Crippen molar-refractivity contribution in [2.24, 2.45) is 11.8 Å². The van der Waals surface area contributed by atoms with Gasteiger partial charge in [0.15, 0.2) is 0 Å². The summed E-state index contributed by atoms with van der Waals surface area (Å²) in [7, 11) is 8.00. The van der Waals surface area contributed by atoms with Crippen molar-refractivity contribution in [1.82, 2.24) is 9.80 Å². The molecule has 132 valence electrons. The molecule has 2 aliphatic carbocycles. The van der Waals surface area contributed by atoms with Gasteiger partial charge in [-0.15, -0.1) is 0 Å². The van der Waals surface area contributed by atoms with Crippen LogP contribution in [0.3, 0.4) is 0 Å². The minimum absolute atomic E-state index is 0.134. The summed E-state index contributed by atoms with van der Waals surface area (Å²) >= 11 is 0. The lowest BCUT2D eigenvalue weighted by Gasteiger charge is -2.27. The van der Waals surface area contributed by atoms with Crippen molar-refractivity contribution in [2.45, 2.75) is 44.7 Å². The average molecular weight is 330 g/mol. The molecule has 0 spiro atoms. The van der Waals surface area contributed by atoms with Gasteiger partial charge in [-0.3, -0.25) is 4.79 Å². The van der Waals surface area contributed by atoms with Crippen molar-refractivity contribution < 1.29 is 9.53 Å². The van der Waals surface area contributed by atoms with Crippen LogP contribution in [-0.2, 0) is 0 Å². The number of carbonyl (C=O) groups excluding carboxylic acids is 1. The lowest BCUT2D eigenvalue weighted by atomic mass is 10.0. The van der Waals surface area contributed by atoms with Crippen molar-refractivity contribution in [3.63, 3.8) is 0 Å². The van der Waals surface area contributed by atoms with E-state index in [0.717, 1.165) is 47.6 Å². The number of carbonyl (C=O) groups is 1. The Kier molecular flexibility index (Phi) is 4.86. The molecule has 2 aliphatic rings. The van der Waals surface area contributed by atoms with Gasteiger partial charge < -0.3 is 14.5 Å². The Bertz CT molecular complexity index is 600. The summed E-state index contributed by atoms with van der Waals surface area (Å²) < 4.78 is 5.29. The number of nitrogens with zero attached hydrogens (tertiary/aromatic N) is 2. The summed E-state index contributed by atoms with van der Waals surface area (Å²) in [4.78, 5) is 17.2. The zero-order valence-electron chi connectivity index (χ0n) is 15.6. The fraction of sp³-hybridized carbons (Fsp3) is 0.650. The van der Waals surface area contributed by atoms with Crippen LogP contribution in [0.25, 0.3) is 0 Å². The van der Waals surface area contributed by atoms with Crippen molar-refractivity contribution in [3.8, 4) is 5.75 Å². The number of ether oxygens (including phenoxy) is 1. The minimum Gasteiger partial charge on any atom is -0.496 e. The smallest absolute Gasteiger partial charge is 0.253 e. The van der Waals surface area contributed by atoms with Gasteiger partial charge in [0.2, 0.25) is 0 Å². The Morgan fingerprint density at radius 2 is 1.62 bits per heavy atom. The second kappa shape index (κ2) is 6.75. The monoisotopic (exact) mass is 330 g/mol. The van der Waals surface area contributed by atoms with Gasteiger partial charge in [0.05, 0.1) is 7.11 Å². The van der Waals surface area contributed by atoms with Crippen molar-refractivity contribution in [1.29, 1.82) is 0 Å². The molecule has 1 amide bonds. The fourth-order valence-electron chi connectivity index (χ4n) is 4.67. The number of benzene rings is 1. The maximum atomic E-state index is 12.9. The van der Waals surface area contributed by atoms with Gasteiger partial charge in [-0.05, 0) is 82.3 Å². The van der Waals surface area contributed by atoms with Gasteiger partial charge in [-0.25, -0.2) is 0 Å². The zero-order chi connectivity index (χ0) is 17.4. The number of aryl methyl sites for hydroxylation is 1. The molecule has 1 aromatic rings. The van der Waals surface area contributed by atoms with Gasteiger partial charge in [-0.1, -0.05) is 0 Å². The molecule has 4 nitrogen and oxygen atoms in total. The molecule has 1 aromatic carbocycles. The average Bonchev–Trinajstić information content (AvgIpc) is 3.12. The molecule has 3 rings (SSSR count). The maximum Gasteiger partial charge on any atom is 0.253 e. The van der Waals surface area contributed by atoms with Gasteiger partial charge in [-0.2, -0.15) is 0 Å². The summed E-state index contributed by atoms with van der Waals surface area (Å²) in [5.74, 6) is 2.54. The van der Waals surface area contributed by atoms with Gasteiger partial charge in [0.25, 0.3) is 5.91 Å². The van der Waals surface area contributed by atoms with Crippen LogP contribution in [0, 0.1) is 18.8 Å². The Balaban J connectivity index is 1.65. The first-order chi connectivity index (χ1) is 11.4. The fourth-order valence-corrected chi connectivity index (χ4v) is 4.67. The predicted molar refractivity (Wildman–Crippen MR) is 96.5 cm³/mol. The van der Waals surface area contributed by atoms with E-state index in [1.807, 2.05) is 37.1 Å². The van der Waals surface area contributed by atoms with E-state index in [2.05, 4.69) is 19.0 Å². The van der Waals surface area contributed by atoms with E-state index in [1.54, 1.807) is 7.11 Å². The molecule has 0 aliphatic heterocycles. The van der Waals surface area contributed by atoms with Crippen molar-refractivity contribution in [3.05, 3.63) is 29.3 Å². The molecule has 0 saturated heterocycles. The van der Waals surface area contributed by atoms with Crippen molar-refractivity contribution >= 4 is 5.91 Å². The molecule has 2 unspecified atom stereocenters. The number of fused-ring (bicyclic) bond motifs is 1. The van der Waals surface area contributed by atoms with E-state index in [-0.39, 0.29) is 5.91 Å². The van der Waals surface area contributed by atoms with E-state index in [9.17, 15) is 4.79 Å². The molecule has 0 N–H and O–H groups in total. The highest BCUT2D eigenvalue weighted by Gasteiger charge is 2.44. The van der Waals surface area contributed by atoms with Crippen LogP contribution in [0.5, 0.6) is 5.75 Å². The van der Waals surface area contributed by atoms with E-state index >= 15 is 0 Å². The number of hydrogen-bond acceptors (Lipinski definition) is 3. The molecule has 24 heavy (non-hydrogen) atoms. The Hall–Kier alpha value is -1.55. The lowest BCUT2D eigenvalue weighted by molar-refractivity contribution is 0.0726. The zero-order valence-corrected chi connectivity index (χ0v) is 15.6. The summed E-state index contributed by atoms with van der Waals surface area (Å²) in [6, 6.07) is 6.82. The molecule has 0 aromatic heterocycles. The number of amides is 1. The molecular weight excluding hydrogens is 300 g/mol. The third kappa shape index (κ3) is 3.16. The van der Waals surface area contributed by atoms with Crippen LogP contribution < -0.4 is 4.74 Å². The highest BCUT2D eigenvalue weighted by Crippen LogP contribution is 2.46. The first kappa shape index (κ1) is 17.3.